The number of rotatable bonds is 5. The highest BCUT2D eigenvalue weighted by atomic mass is 35.5. The van der Waals surface area contributed by atoms with E-state index in [0.717, 1.165) is 18.7 Å². The molecule has 1 aliphatic rings. The van der Waals surface area contributed by atoms with E-state index < -0.39 is 4.92 Å². The van der Waals surface area contributed by atoms with Gasteiger partial charge in [0.05, 0.1) is 15.6 Å². The molecule has 8 heteroatoms. The molecule has 0 aromatic heterocycles. The number of carbonyl (C=O) groups excluding carboxylic acids is 1. The molecule has 0 spiro atoms. The third-order valence-electron chi connectivity index (χ3n) is 4.70. The molecule has 1 saturated heterocycles. The normalized spacial score (nSPS) is 15.5. The summed E-state index contributed by atoms with van der Waals surface area (Å²) in [6, 6.07) is 10.4. The number of nitrogens with zero attached hydrogens (tertiary/aromatic N) is 2. The predicted molar refractivity (Wildman–Crippen MR) is 101 cm³/mol. The Morgan fingerprint density at radius 3 is 2.52 bits per heavy atom. The van der Waals surface area contributed by atoms with Gasteiger partial charge in [-0.25, -0.2) is 4.39 Å². The molecule has 0 saturated carbocycles. The number of halogens is 2. The van der Waals surface area contributed by atoms with Crippen LogP contribution in [-0.4, -0.2) is 28.8 Å². The largest absolute Gasteiger partial charge is 0.324 e. The molecule has 3 rings (SSSR count). The van der Waals surface area contributed by atoms with E-state index in [-0.39, 0.29) is 34.0 Å². The van der Waals surface area contributed by atoms with Crippen molar-refractivity contribution in [2.45, 2.75) is 19.4 Å². The van der Waals surface area contributed by atoms with Gasteiger partial charge < -0.3 is 5.32 Å². The fourth-order valence-electron chi connectivity index (χ4n) is 3.16. The summed E-state index contributed by atoms with van der Waals surface area (Å²) in [5.74, 6) is -0.613. The fourth-order valence-corrected chi connectivity index (χ4v) is 3.32. The number of hydrogen-bond acceptors (Lipinski definition) is 4. The number of likely N-dealkylation sites (tertiary alicyclic amines) is 1. The molecular weight excluding hydrogens is 373 g/mol. The number of carbonyl (C=O) groups is 1. The second-order valence-corrected chi connectivity index (χ2v) is 6.99. The van der Waals surface area contributed by atoms with Gasteiger partial charge in [0.15, 0.2) is 0 Å². The maximum atomic E-state index is 13.0. The van der Waals surface area contributed by atoms with Crippen LogP contribution in [0.25, 0.3) is 0 Å². The molecular formula is C19H19ClFN3O3. The van der Waals surface area contributed by atoms with Gasteiger partial charge in [0.2, 0.25) is 5.91 Å². The van der Waals surface area contributed by atoms with E-state index in [1.807, 2.05) is 0 Å². The number of amides is 1. The lowest BCUT2D eigenvalue weighted by Gasteiger charge is -2.31. The Bertz CT molecular complexity index is 837. The van der Waals surface area contributed by atoms with Crippen molar-refractivity contribution in [3.63, 3.8) is 0 Å². The lowest BCUT2D eigenvalue weighted by Crippen LogP contribution is -2.37. The summed E-state index contributed by atoms with van der Waals surface area (Å²) in [7, 11) is 0. The van der Waals surface area contributed by atoms with Crippen LogP contribution in [0.5, 0.6) is 0 Å². The van der Waals surface area contributed by atoms with Gasteiger partial charge in [-0.1, -0.05) is 23.7 Å². The van der Waals surface area contributed by atoms with Gasteiger partial charge in [0.25, 0.3) is 5.69 Å². The molecule has 6 nitrogen and oxygen atoms in total. The van der Waals surface area contributed by atoms with Crippen LogP contribution < -0.4 is 5.32 Å². The zero-order chi connectivity index (χ0) is 19.4. The smallest absolute Gasteiger partial charge is 0.271 e. The molecule has 142 valence electrons. The van der Waals surface area contributed by atoms with Crippen molar-refractivity contribution in [2.24, 2.45) is 5.92 Å². The van der Waals surface area contributed by atoms with Crippen LogP contribution in [0.1, 0.15) is 18.4 Å². The summed E-state index contributed by atoms with van der Waals surface area (Å²) < 4.78 is 13.0. The van der Waals surface area contributed by atoms with Gasteiger partial charge in [-0.3, -0.25) is 19.8 Å². The van der Waals surface area contributed by atoms with E-state index in [1.54, 1.807) is 12.1 Å². The molecule has 1 aliphatic heterocycles. The molecule has 0 aliphatic carbocycles. The van der Waals surface area contributed by atoms with Gasteiger partial charge in [0, 0.05) is 24.6 Å². The van der Waals surface area contributed by atoms with E-state index in [4.69, 9.17) is 11.6 Å². The number of nitrogens with one attached hydrogen (secondary N) is 1. The Balaban J connectivity index is 1.55. The Morgan fingerprint density at radius 2 is 1.89 bits per heavy atom. The molecule has 1 N–H and O–H groups in total. The number of nitro groups is 1. The number of hydrogen-bond donors (Lipinski definition) is 1. The quantitative estimate of drug-likeness (QED) is 0.611. The third kappa shape index (κ3) is 5.02. The van der Waals surface area contributed by atoms with Crippen LogP contribution in [0.4, 0.5) is 15.8 Å². The number of non-ortho nitro benzene ring substituents is 1. The molecule has 0 radical (unpaired) electrons. The highest BCUT2D eigenvalue weighted by Gasteiger charge is 2.26. The van der Waals surface area contributed by atoms with Crippen molar-refractivity contribution in [1.29, 1.82) is 0 Å². The molecule has 2 aromatic carbocycles. The molecule has 27 heavy (non-hydrogen) atoms. The topological polar surface area (TPSA) is 75.5 Å². The lowest BCUT2D eigenvalue weighted by atomic mass is 9.95. The minimum Gasteiger partial charge on any atom is -0.324 e. The summed E-state index contributed by atoms with van der Waals surface area (Å²) >= 11 is 6.04. The Labute approximate surface area is 161 Å². The third-order valence-corrected chi connectivity index (χ3v) is 5.03. The molecule has 1 amide bonds. The first-order valence-corrected chi connectivity index (χ1v) is 9.02. The molecule has 0 unspecified atom stereocenters. The Kier molecular flexibility index (Phi) is 6.03. The number of anilines is 1. The Hall–Kier alpha value is -2.51. The van der Waals surface area contributed by atoms with Crippen molar-refractivity contribution >= 4 is 28.9 Å². The van der Waals surface area contributed by atoms with Crippen molar-refractivity contribution < 1.29 is 14.1 Å². The van der Waals surface area contributed by atoms with E-state index in [2.05, 4.69) is 10.2 Å². The van der Waals surface area contributed by atoms with Crippen LogP contribution >= 0.6 is 11.6 Å². The van der Waals surface area contributed by atoms with Crippen molar-refractivity contribution in [2.75, 3.05) is 18.4 Å². The van der Waals surface area contributed by atoms with Crippen LogP contribution in [0, 0.1) is 21.8 Å². The molecule has 1 heterocycles. The zero-order valence-corrected chi connectivity index (χ0v) is 15.3. The van der Waals surface area contributed by atoms with E-state index in [1.165, 1.54) is 30.3 Å². The highest BCUT2D eigenvalue weighted by Crippen LogP contribution is 2.28. The van der Waals surface area contributed by atoms with Gasteiger partial charge in [-0.15, -0.1) is 0 Å². The first-order chi connectivity index (χ1) is 12.9. The van der Waals surface area contributed by atoms with Gasteiger partial charge >= 0.3 is 0 Å². The van der Waals surface area contributed by atoms with E-state index in [0.29, 0.717) is 19.4 Å². The minimum absolute atomic E-state index is 0.121. The summed E-state index contributed by atoms with van der Waals surface area (Å²) in [4.78, 5) is 25.1. The standard InChI is InChI=1S/C19H19ClFN3O3/c20-17-6-5-16(24(26)27)11-18(17)22-19(25)14-7-9-23(10-8-14)12-13-1-3-15(21)4-2-13/h1-6,11,14H,7-10,12H2,(H,22,25). The molecule has 0 atom stereocenters. The van der Waals surface area contributed by atoms with Gasteiger partial charge in [-0.2, -0.15) is 0 Å². The average Bonchev–Trinajstić information content (AvgIpc) is 2.65. The second-order valence-electron chi connectivity index (χ2n) is 6.59. The Morgan fingerprint density at radius 1 is 1.22 bits per heavy atom. The minimum atomic E-state index is -0.528. The van der Waals surface area contributed by atoms with Gasteiger partial charge in [0.1, 0.15) is 5.82 Å². The predicted octanol–water partition coefficient (Wildman–Crippen LogP) is 4.24. The number of benzene rings is 2. The van der Waals surface area contributed by atoms with Crippen LogP contribution in [0.15, 0.2) is 42.5 Å². The van der Waals surface area contributed by atoms with Crippen molar-refractivity contribution in [3.05, 3.63) is 69.0 Å². The highest BCUT2D eigenvalue weighted by molar-refractivity contribution is 6.33. The zero-order valence-electron chi connectivity index (χ0n) is 14.5. The SMILES string of the molecule is O=C(Nc1cc([N+](=O)[O-])ccc1Cl)C1CCN(Cc2ccc(F)cc2)CC1. The van der Waals surface area contributed by atoms with Crippen LogP contribution in [0.3, 0.4) is 0 Å². The average molecular weight is 392 g/mol. The first-order valence-electron chi connectivity index (χ1n) is 8.64. The first kappa shape index (κ1) is 19.3. The van der Waals surface area contributed by atoms with E-state index in [9.17, 15) is 19.3 Å². The summed E-state index contributed by atoms with van der Waals surface area (Å²) in [5.41, 5.74) is 1.16. The van der Waals surface area contributed by atoms with Crippen LogP contribution in [0.2, 0.25) is 5.02 Å². The van der Waals surface area contributed by atoms with Crippen molar-refractivity contribution in [3.8, 4) is 0 Å². The summed E-state index contributed by atoms with van der Waals surface area (Å²) in [6.07, 6.45) is 1.36. The van der Waals surface area contributed by atoms with Crippen molar-refractivity contribution in [1.82, 2.24) is 4.90 Å². The number of nitro benzene ring substituents is 1. The summed E-state index contributed by atoms with van der Waals surface area (Å²) in [5, 5.41) is 13.9. The lowest BCUT2D eigenvalue weighted by molar-refractivity contribution is -0.384. The summed E-state index contributed by atoms with van der Waals surface area (Å²) in [6.45, 7) is 2.21. The van der Waals surface area contributed by atoms with E-state index >= 15 is 0 Å². The molecule has 2 aromatic rings. The molecule has 0 bridgehead atoms. The second kappa shape index (κ2) is 8.45. The fraction of sp³-hybridized carbons (Fsp3) is 0.316. The van der Waals surface area contributed by atoms with Gasteiger partial charge in [-0.05, 0) is 49.7 Å². The number of piperidine rings is 1. The molecule has 1 fully saturated rings. The maximum Gasteiger partial charge on any atom is 0.271 e. The van der Waals surface area contributed by atoms with Crippen LogP contribution in [-0.2, 0) is 11.3 Å². The maximum absolute atomic E-state index is 13.0. The monoisotopic (exact) mass is 391 g/mol.